The van der Waals surface area contributed by atoms with Crippen LogP contribution in [0.3, 0.4) is 0 Å². The molecule has 1 atom stereocenters. The maximum absolute atomic E-state index is 14.0. The smallest absolute Gasteiger partial charge is 0.266 e. The van der Waals surface area contributed by atoms with Gasteiger partial charge in [-0.3, -0.25) is 14.2 Å². The van der Waals surface area contributed by atoms with Gasteiger partial charge in [-0.1, -0.05) is 66.2 Å². The third-order valence-electron chi connectivity index (χ3n) is 6.90. The number of nitrogens with zero attached hydrogens (tertiary/aromatic N) is 3. The number of hydrogen-bond donors (Lipinski definition) is 0. The Hall–Kier alpha value is -4.42. The topological polar surface area (TPSA) is 64.4 Å². The van der Waals surface area contributed by atoms with E-state index in [-0.39, 0.29) is 11.5 Å². The van der Waals surface area contributed by atoms with Gasteiger partial charge in [0, 0.05) is 6.54 Å². The molecule has 1 heterocycles. The summed E-state index contributed by atoms with van der Waals surface area (Å²) in [7, 11) is 0. The van der Waals surface area contributed by atoms with Gasteiger partial charge in [0.05, 0.1) is 39.8 Å². The summed E-state index contributed by atoms with van der Waals surface area (Å²) in [5, 5.41) is 0.875. The van der Waals surface area contributed by atoms with Crippen molar-refractivity contribution in [2.75, 3.05) is 13.2 Å². The lowest BCUT2D eigenvalue weighted by Crippen LogP contribution is -2.38. The van der Waals surface area contributed by atoms with Gasteiger partial charge in [-0.2, -0.15) is 0 Å². The van der Waals surface area contributed by atoms with E-state index < -0.39 is 6.04 Å². The van der Waals surface area contributed by atoms with Gasteiger partial charge in [0.2, 0.25) is 0 Å². The molecule has 5 aromatic rings. The molecule has 0 fully saturated rings. The van der Waals surface area contributed by atoms with E-state index in [2.05, 4.69) is 0 Å². The fraction of sp³-hybridized carbons (Fsp3) is 0.182. The Bertz CT molecular complexity index is 1680. The largest absolute Gasteiger partial charge is 0.494 e. The van der Waals surface area contributed by atoms with Crippen molar-refractivity contribution in [2.45, 2.75) is 26.3 Å². The second kappa shape index (κ2) is 12.2. The Morgan fingerprint density at radius 2 is 1.60 bits per heavy atom. The number of rotatable bonds is 9. The minimum absolute atomic E-state index is 0.204. The van der Waals surface area contributed by atoms with Gasteiger partial charge in [0.15, 0.2) is 0 Å². The van der Waals surface area contributed by atoms with E-state index in [1.807, 2.05) is 86.6 Å². The zero-order valence-corrected chi connectivity index (χ0v) is 23.2. The maximum atomic E-state index is 14.0. The van der Waals surface area contributed by atoms with Gasteiger partial charge >= 0.3 is 0 Å². The van der Waals surface area contributed by atoms with Crippen LogP contribution in [0.25, 0.3) is 16.6 Å². The number of hydrogen-bond acceptors (Lipinski definition) is 4. The monoisotopic (exact) mass is 551 g/mol. The van der Waals surface area contributed by atoms with Crippen LogP contribution in [0, 0.1) is 0 Å². The van der Waals surface area contributed by atoms with Gasteiger partial charge in [-0.25, -0.2) is 4.98 Å². The lowest BCUT2D eigenvalue weighted by Gasteiger charge is -2.31. The van der Waals surface area contributed by atoms with Crippen molar-refractivity contribution in [1.82, 2.24) is 14.5 Å². The molecule has 202 valence electrons. The molecule has 4 aromatic carbocycles. The molecule has 0 spiro atoms. The summed E-state index contributed by atoms with van der Waals surface area (Å²) in [5.74, 6) is 0.942. The average Bonchev–Trinajstić information content (AvgIpc) is 2.98. The Morgan fingerprint density at radius 3 is 2.33 bits per heavy atom. The fourth-order valence-corrected chi connectivity index (χ4v) is 5.05. The van der Waals surface area contributed by atoms with E-state index in [0.29, 0.717) is 58.3 Å². The van der Waals surface area contributed by atoms with Crippen molar-refractivity contribution >= 4 is 28.4 Å². The summed E-state index contributed by atoms with van der Waals surface area (Å²) in [5.41, 5.74) is 2.51. The van der Waals surface area contributed by atoms with E-state index in [0.717, 1.165) is 5.56 Å². The van der Waals surface area contributed by atoms with Crippen LogP contribution in [0.15, 0.2) is 108 Å². The molecule has 0 N–H and O–H groups in total. The molecule has 6 nitrogen and oxygen atoms in total. The van der Waals surface area contributed by atoms with Gasteiger partial charge in [-0.15, -0.1) is 0 Å². The number of aromatic nitrogens is 2. The quantitative estimate of drug-likeness (QED) is 0.200. The zero-order chi connectivity index (χ0) is 28.1. The van der Waals surface area contributed by atoms with E-state index >= 15 is 0 Å². The van der Waals surface area contributed by atoms with Gasteiger partial charge < -0.3 is 9.64 Å². The van der Waals surface area contributed by atoms with Crippen molar-refractivity contribution < 1.29 is 9.53 Å². The first-order valence-electron chi connectivity index (χ1n) is 13.3. The van der Waals surface area contributed by atoms with Crippen LogP contribution in [0.2, 0.25) is 5.02 Å². The first kappa shape index (κ1) is 27.2. The Morgan fingerprint density at radius 1 is 0.925 bits per heavy atom. The number of para-hydroxylation sites is 1. The van der Waals surface area contributed by atoms with Crippen LogP contribution in [0.4, 0.5) is 0 Å². The Labute approximate surface area is 238 Å². The van der Waals surface area contributed by atoms with E-state index in [1.54, 1.807) is 39.8 Å². The number of ether oxygens (including phenoxy) is 1. The molecule has 40 heavy (non-hydrogen) atoms. The van der Waals surface area contributed by atoms with Gasteiger partial charge in [0.25, 0.3) is 11.5 Å². The van der Waals surface area contributed by atoms with Gasteiger partial charge in [0.1, 0.15) is 11.6 Å². The first-order chi connectivity index (χ1) is 19.5. The normalized spacial score (nSPS) is 11.8. The lowest BCUT2D eigenvalue weighted by molar-refractivity contribution is 0.0684. The standard InChI is InChI=1S/C33H30ClN3O3/c1-3-40-26-19-17-25(18-20-26)37-31(35-30-16-10-8-14-28(30)33(37)39)23(2)36(22-21-24-11-5-4-6-12-24)32(38)27-13-7-9-15-29(27)34/h4-20,23H,3,21-22H2,1-2H3. The second-order valence-electron chi connectivity index (χ2n) is 9.44. The molecule has 5 rings (SSSR count). The predicted molar refractivity (Wildman–Crippen MR) is 160 cm³/mol. The van der Waals surface area contributed by atoms with Crippen LogP contribution in [-0.4, -0.2) is 33.5 Å². The predicted octanol–water partition coefficient (Wildman–Crippen LogP) is 6.88. The van der Waals surface area contributed by atoms with Gasteiger partial charge in [-0.05, 0) is 74.4 Å². The molecule has 1 amide bonds. The molecule has 0 saturated carbocycles. The average molecular weight is 552 g/mol. The summed E-state index contributed by atoms with van der Waals surface area (Å²) in [6.45, 7) is 4.77. The van der Waals surface area contributed by atoms with E-state index in [4.69, 9.17) is 21.3 Å². The molecule has 0 aliphatic rings. The van der Waals surface area contributed by atoms with Crippen LogP contribution < -0.4 is 10.3 Å². The molecule has 7 heteroatoms. The first-order valence-corrected chi connectivity index (χ1v) is 13.7. The number of amides is 1. The number of benzene rings is 4. The summed E-state index contributed by atoms with van der Waals surface area (Å²) >= 11 is 6.47. The number of fused-ring (bicyclic) bond motifs is 1. The molecule has 1 aromatic heterocycles. The molecule has 0 aliphatic carbocycles. The fourth-order valence-electron chi connectivity index (χ4n) is 4.83. The molecular weight excluding hydrogens is 522 g/mol. The highest BCUT2D eigenvalue weighted by Gasteiger charge is 2.28. The van der Waals surface area contributed by atoms with E-state index in [1.165, 1.54) is 0 Å². The molecule has 0 bridgehead atoms. The lowest BCUT2D eigenvalue weighted by atomic mass is 10.1. The second-order valence-corrected chi connectivity index (χ2v) is 9.85. The Kier molecular flexibility index (Phi) is 8.27. The van der Waals surface area contributed by atoms with Crippen LogP contribution in [0.1, 0.15) is 41.6 Å². The number of carbonyl (C=O) groups excluding carboxylic acids is 1. The minimum atomic E-state index is -0.559. The third-order valence-corrected chi connectivity index (χ3v) is 7.23. The van der Waals surface area contributed by atoms with Crippen LogP contribution in [-0.2, 0) is 6.42 Å². The third kappa shape index (κ3) is 5.63. The van der Waals surface area contributed by atoms with Crippen molar-refractivity contribution in [2.24, 2.45) is 0 Å². The van der Waals surface area contributed by atoms with Crippen LogP contribution in [0.5, 0.6) is 5.75 Å². The van der Waals surface area contributed by atoms with Crippen LogP contribution >= 0.6 is 11.6 Å². The molecule has 1 unspecified atom stereocenters. The maximum Gasteiger partial charge on any atom is 0.266 e. The van der Waals surface area contributed by atoms with Crippen molar-refractivity contribution in [3.05, 3.63) is 135 Å². The highest BCUT2D eigenvalue weighted by molar-refractivity contribution is 6.33. The highest BCUT2D eigenvalue weighted by atomic mass is 35.5. The van der Waals surface area contributed by atoms with Crippen molar-refractivity contribution in [3.63, 3.8) is 0 Å². The molecular formula is C33H30ClN3O3. The number of halogens is 1. The molecule has 0 saturated heterocycles. The van der Waals surface area contributed by atoms with E-state index in [9.17, 15) is 9.59 Å². The van der Waals surface area contributed by atoms with Crippen molar-refractivity contribution in [1.29, 1.82) is 0 Å². The summed E-state index contributed by atoms with van der Waals surface area (Å²) in [4.78, 5) is 34.6. The Balaban J connectivity index is 1.64. The summed E-state index contributed by atoms with van der Waals surface area (Å²) in [6, 6.07) is 31.1. The summed E-state index contributed by atoms with van der Waals surface area (Å²) < 4.78 is 7.21. The summed E-state index contributed by atoms with van der Waals surface area (Å²) in [6.07, 6.45) is 0.627. The SMILES string of the molecule is CCOc1ccc(-n2c(C(C)N(CCc3ccccc3)C(=O)c3ccccc3Cl)nc3ccccc3c2=O)cc1. The van der Waals surface area contributed by atoms with Crippen molar-refractivity contribution in [3.8, 4) is 11.4 Å². The minimum Gasteiger partial charge on any atom is -0.494 e. The highest BCUT2D eigenvalue weighted by Crippen LogP contribution is 2.27. The number of carbonyl (C=O) groups is 1. The molecule has 0 radical (unpaired) electrons. The zero-order valence-electron chi connectivity index (χ0n) is 22.5. The molecule has 0 aliphatic heterocycles.